The predicted molar refractivity (Wildman–Crippen MR) is 101 cm³/mol. The summed E-state index contributed by atoms with van der Waals surface area (Å²) in [5.41, 5.74) is 0.477. The third-order valence-corrected chi connectivity index (χ3v) is 5.23. The van der Waals surface area contributed by atoms with Crippen molar-refractivity contribution in [3.63, 3.8) is 0 Å². The summed E-state index contributed by atoms with van der Waals surface area (Å²) < 4.78 is 10.5. The number of cyclic esters (lactones) is 1. The number of hydrogen-bond acceptors (Lipinski definition) is 8. The number of morpholine rings is 1. The highest BCUT2D eigenvalue weighted by Gasteiger charge is 2.25. The van der Waals surface area contributed by atoms with Gasteiger partial charge in [-0.3, -0.25) is 10.1 Å². The molecule has 0 radical (unpaired) electrons. The number of nitro benzene ring substituents is 1. The second-order valence-corrected chi connectivity index (χ2v) is 7.01. The number of benzene rings is 1. The summed E-state index contributed by atoms with van der Waals surface area (Å²) in [5.74, 6) is -0.502. The van der Waals surface area contributed by atoms with Crippen molar-refractivity contribution in [2.45, 2.75) is 0 Å². The van der Waals surface area contributed by atoms with Crippen molar-refractivity contribution in [1.29, 1.82) is 0 Å². The molecule has 1 aromatic heterocycles. The third-order valence-electron chi connectivity index (χ3n) is 4.14. The molecule has 0 aliphatic carbocycles. The van der Waals surface area contributed by atoms with Gasteiger partial charge in [0, 0.05) is 35.7 Å². The molecule has 1 saturated heterocycles. The summed E-state index contributed by atoms with van der Waals surface area (Å²) in [6.07, 6.45) is 1.67. The van der Waals surface area contributed by atoms with Crippen LogP contribution in [0.1, 0.15) is 10.4 Å². The van der Waals surface area contributed by atoms with Crippen LogP contribution >= 0.6 is 11.3 Å². The molecule has 1 aromatic carbocycles. The first-order chi connectivity index (χ1) is 13.1. The average molecular weight is 385 g/mol. The molecule has 2 aromatic rings. The Kier molecular flexibility index (Phi) is 4.69. The zero-order valence-electron chi connectivity index (χ0n) is 14.2. The smallest absolute Gasteiger partial charge is 0.363 e. The number of nitro groups is 1. The van der Waals surface area contributed by atoms with E-state index in [9.17, 15) is 14.9 Å². The molecule has 0 N–H and O–H groups in total. The lowest BCUT2D eigenvalue weighted by molar-refractivity contribution is -0.384. The van der Waals surface area contributed by atoms with E-state index in [4.69, 9.17) is 9.47 Å². The molecule has 0 atom stereocenters. The van der Waals surface area contributed by atoms with E-state index in [-0.39, 0.29) is 17.3 Å². The molecular formula is C18H15N3O5S. The van der Waals surface area contributed by atoms with Crippen LogP contribution in [0.5, 0.6) is 0 Å². The Morgan fingerprint density at radius 2 is 2.04 bits per heavy atom. The fourth-order valence-electron chi connectivity index (χ4n) is 2.79. The van der Waals surface area contributed by atoms with Gasteiger partial charge in [-0.05, 0) is 24.3 Å². The van der Waals surface area contributed by atoms with Gasteiger partial charge in [0.25, 0.3) is 5.69 Å². The predicted octanol–water partition coefficient (Wildman–Crippen LogP) is 2.84. The van der Waals surface area contributed by atoms with Crippen molar-refractivity contribution in [2.75, 3.05) is 31.2 Å². The minimum absolute atomic E-state index is 0.0694. The Morgan fingerprint density at radius 3 is 2.81 bits per heavy atom. The van der Waals surface area contributed by atoms with Crippen LogP contribution in [-0.2, 0) is 14.3 Å². The van der Waals surface area contributed by atoms with Crippen LogP contribution in [0.4, 0.5) is 10.7 Å². The summed E-state index contributed by atoms with van der Waals surface area (Å²) in [4.78, 5) is 29.9. The normalized spacial score (nSPS) is 18.5. The summed E-state index contributed by atoms with van der Waals surface area (Å²) >= 11 is 1.56. The molecule has 1 fully saturated rings. The van der Waals surface area contributed by atoms with Gasteiger partial charge in [-0.1, -0.05) is 6.07 Å². The summed E-state index contributed by atoms with van der Waals surface area (Å²) in [6, 6.07) is 9.78. The van der Waals surface area contributed by atoms with E-state index < -0.39 is 10.9 Å². The SMILES string of the molecule is O=C1OC(c2cccc([N+](=O)[O-])c2)=NC1=Cc1ccc(N2CCOCC2)s1. The molecule has 2 aliphatic heterocycles. The molecular weight excluding hydrogens is 370 g/mol. The van der Waals surface area contributed by atoms with Crippen molar-refractivity contribution >= 4 is 40.0 Å². The number of non-ortho nitro benzene ring substituents is 1. The van der Waals surface area contributed by atoms with Gasteiger partial charge < -0.3 is 14.4 Å². The fourth-order valence-corrected chi connectivity index (χ4v) is 3.79. The number of hydrogen-bond donors (Lipinski definition) is 0. The highest BCUT2D eigenvalue weighted by atomic mass is 32.1. The molecule has 2 aliphatic rings. The van der Waals surface area contributed by atoms with Crippen LogP contribution < -0.4 is 4.90 Å². The molecule has 27 heavy (non-hydrogen) atoms. The second kappa shape index (κ2) is 7.29. The Labute approximate surface area is 158 Å². The number of ether oxygens (including phenoxy) is 2. The molecule has 0 amide bonds. The first kappa shape index (κ1) is 17.4. The highest BCUT2D eigenvalue weighted by molar-refractivity contribution is 7.16. The Bertz CT molecular complexity index is 959. The minimum atomic E-state index is -0.571. The number of rotatable bonds is 4. The van der Waals surface area contributed by atoms with Crippen LogP contribution in [0.3, 0.4) is 0 Å². The second-order valence-electron chi connectivity index (χ2n) is 5.92. The number of nitrogens with zero attached hydrogens (tertiary/aromatic N) is 3. The first-order valence-corrected chi connectivity index (χ1v) is 9.12. The Balaban J connectivity index is 1.57. The van der Waals surface area contributed by atoms with E-state index in [0.29, 0.717) is 18.8 Å². The minimum Gasteiger partial charge on any atom is -0.402 e. The standard InChI is InChI=1S/C18H15N3O5S/c22-18-15(11-14-4-5-16(27-14)20-6-8-25-9-7-20)19-17(26-18)12-2-1-3-13(10-12)21(23)24/h1-5,10-11H,6-9H2. The zero-order valence-corrected chi connectivity index (χ0v) is 15.0. The maximum atomic E-state index is 12.1. The quantitative estimate of drug-likeness (QED) is 0.348. The molecule has 0 unspecified atom stereocenters. The van der Waals surface area contributed by atoms with Crippen molar-refractivity contribution in [3.05, 3.63) is 62.7 Å². The molecule has 4 rings (SSSR count). The van der Waals surface area contributed by atoms with E-state index in [1.54, 1.807) is 23.5 Å². The van der Waals surface area contributed by atoms with Crippen molar-refractivity contribution in [2.24, 2.45) is 4.99 Å². The van der Waals surface area contributed by atoms with E-state index in [2.05, 4.69) is 9.89 Å². The number of aliphatic imine (C=N–C) groups is 1. The van der Waals surface area contributed by atoms with E-state index in [1.807, 2.05) is 12.1 Å². The van der Waals surface area contributed by atoms with Gasteiger partial charge in [0.2, 0.25) is 5.90 Å². The van der Waals surface area contributed by atoms with Gasteiger partial charge >= 0.3 is 5.97 Å². The lowest BCUT2D eigenvalue weighted by Gasteiger charge is -2.27. The fraction of sp³-hybridized carbons (Fsp3) is 0.222. The van der Waals surface area contributed by atoms with E-state index >= 15 is 0 Å². The van der Waals surface area contributed by atoms with Crippen LogP contribution in [-0.4, -0.2) is 43.1 Å². The topological polar surface area (TPSA) is 94.3 Å². The maximum absolute atomic E-state index is 12.1. The number of carbonyl (C=O) groups is 1. The largest absolute Gasteiger partial charge is 0.402 e. The third kappa shape index (κ3) is 3.74. The van der Waals surface area contributed by atoms with Gasteiger partial charge in [0.05, 0.1) is 23.1 Å². The van der Waals surface area contributed by atoms with Gasteiger partial charge in [-0.2, -0.15) is 0 Å². The van der Waals surface area contributed by atoms with E-state index in [0.717, 1.165) is 23.0 Å². The number of esters is 1. The van der Waals surface area contributed by atoms with Gasteiger partial charge in [0.15, 0.2) is 5.70 Å². The summed E-state index contributed by atoms with van der Waals surface area (Å²) in [6.45, 7) is 3.09. The Morgan fingerprint density at radius 1 is 1.22 bits per heavy atom. The van der Waals surface area contributed by atoms with Crippen molar-refractivity contribution in [1.82, 2.24) is 0 Å². The van der Waals surface area contributed by atoms with Crippen molar-refractivity contribution in [3.8, 4) is 0 Å². The average Bonchev–Trinajstić information content (AvgIpc) is 3.30. The van der Waals surface area contributed by atoms with Crippen LogP contribution in [0, 0.1) is 10.1 Å². The van der Waals surface area contributed by atoms with E-state index in [1.165, 1.54) is 18.2 Å². The molecule has 138 valence electrons. The van der Waals surface area contributed by atoms with Crippen LogP contribution in [0.2, 0.25) is 0 Å². The lowest BCUT2D eigenvalue weighted by Crippen LogP contribution is -2.35. The van der Waals surface area contributed by atoms with Gasteiger partial charge in [-0.25, -0.2) is 9.79 Å². The highest BCUT2D eigenvalue weighted by Crippen LogP contribution is 2.30. The number of thiophene rings is 1. The molecule has 0 saturated carbocycles. The number of anilines is 1. The summed E-state index contributed by atoms with van der Waals surface area (Å²) in [7, 11) is 0. The van der Waals surface area contributed by atoms with Crippen LogP contribution in [0.25, 0.3) is 6.08 Å². The molecule has 0 bridgehead atoms. The first-order valence-electron chi connectivity index (χ1n) is 8.30. The lowest BCUT2D eigenvalue weighted by atomic mass is 10.2. The van der Waals surface area contributed by atoms with Crippen LogP contribution in [0.15, 0.2) is 47.1 Å². The Hall–Kier alpha value is -3.04. The monoisotopic (exact) mass is 385 g/mol. The van der Waals surface area contributed by atoms with Gasteiger partial charge in [0.1, 0.15) is 0 Å². The molecule has 8 nitrogen and oxygen atoms in total. The molecule has 9 heteroatoms. The van der Waals surface area contributed by atoms with Crippen molar-refractivity contribution < 1.29 is 19.2 Å². The maximum Gasteiger partial charge on any atom is 0.363 e. The zero-order chi connectivity index (χ0) is 18.8. The summed E-state index contributed by atoms with van der Waals surface area (Å²) in [5, 5.41) is 12.0. The number of carbonyl (C=O) groups excluding carboxylic acids is 1. The molecule has 3 heterocycles. The molecule has 0 spiro atoms. The van der Waals surface area contributed by atoms with Gasteiger partial charge in [-0.15, -0.1) is 11.3 Å².